The van der Waals surface area contributed by atoms with Crippen molar-refractivity contribution in [2.75, 3.05) is 0 Å². The Balaban J connectivity index is 3.50. The van der Waals surface area contributed by atoms with Gasteiger partial charge in [-0.15, -0.1) is 0 Å². The van der Waals surface area contributed by atoms with Crippen LogP contribution in [0.1, 0.15) is 65.7 Å². The highest BCUT2D eigenvalue weighted by atomic mass is 16.3. The Morgan fingerprint density at radius 3 is 2.21 bits per heavy atom. The van der Waals surface area contributed by atoms with Crippen LogP contribution in [0.25, 0.3) is 0 Å². The zero-order valence-electron chi connectivity index (χ0n) is 9.92. The van der Waals surface area contributed by atoms with Crippen molar-refractivity contribution in [2.24, 2.45) is 0 Å². The van der Waals surface area contributed by atoms with E-state index >= 15 is 0 Å². The number of rotatable bonds is 8. The van der Waals surface area contributed by atoms with Gasteiger partial charge in [0.25, 0.3) is 0 Å². The Bertz CT molecular complexity index is 130. The van der Waals surface area contributed by atoms with E-state index in [1.54, 1.807) is 6.92 Å². The van der Waals surface area contributed by atoms with E-state index in [4.69, 9.17) is 5.11 Å². The summed E-state index contributed by atoms with van der Waals surface area (Å²) in [6.07, 6.45) is 6.68. The van der Waals surface area contributed by atoms with Gasteiger partial charge in [-0.3, -0.25) is 0 Å². The molecule has 2 nitrogen and oxygen atoms in total. The SMILES string of the molecule is CCCCC[C@@](C)(O)CCC[C@H](C)O. The van der Waals surface area contributed by atoms with Crippen molar-refractivity contribution in [1.29, 1.82) is 0 Å². The molecule has 14 heavy (non-hydrogen) atoms. The van der Waals surface area contributed by atoms with Gasteiger partial charge in [-0.05, 0) is 39.5 Å². The molecule has 0 aromatic rings. The van der Waals surface area contributed by atoms with Crippen molar-refractivity contribution in [3.63, 3.8) is 0 Å². The largest absolute Gasteiger partial charge is 0.393 e. The van der Waals surface area contributed by atoms with Gasteiger partial charge >= 0.3 is 0 Å². The molecule has 0 saturated carbocycles. The minimum Gasteiger partial charge on any atom is -0.393 e. The van der Waals surface area contributed by atoms with Crippen molar-refractivity contribution in [1.82, 2.24) is 0 Å². The molecular formula is C12H26O2. The summed E-state index contributed by atoms with van der Waals surface area (Å²) >= 11 is 0. The van der Waals surface area contributed by atoms with Gasteiger partial charge in [0.2, 0.25) is 0 Å². The number of aliphatic hydroxyl groups excluding tert-OH is 1. The monoisotopic (exact) mass is 202 g/mol. The minimum atomic E-state index is -0.524. The summed E-state index contributed by atoms with van der Waals surface area (Å²) in [6.45, 7) is 5.87. The van der Waals surface area contributed by atoms with Gasteiger partial charge in [0, 0.05) is 0 Å². The van der Waals surface area contributed by atoms with Gasteiger partial charge in [-0.25, -0.2) is 0 Å². The summed E-state index contributed by atoms with van der Waals surface area (Å²) < 4.78 is 0. The third kappa shape index (κ3) is 8.52. The predicted molar refractivity (Wildman–Crippen MR) is 60.3 cm³/mol. The maximum absolute atomic E-state index is 9.97. The van der Waals surface area contributed by atoms with Crippen molar-refractivity contribution >= 4 is 0 Å². The molecule has 0 aromatic carbocycles. The second-order valence-corrected chi connectivity index (χ2v) is 4.70. The van der Waals surface area contributed by atoms with Crippen molar-refractivity contribution in [3.05, 3.63) is 0 Å². The zero-order valence-corrected chi connectivity index (χ0v) is 9.92. The van der Waals surface area contributed by atoms with Crippen molar-refractivity contribution in [2.45, 2.75) is 77.4 Å². The summed E-state index contributed by atoms with van der Waals surface area (Å²) in [7, 11) is 0. The molecule has 86 valence electrons. The molecule has 0 bridgehead atoms. The average Bonchev–Trinajstić information content (AvgIpc) is 2.03. The highest BCUT2D eigenvalue weighted by molar-refractivity contribution is 4.72. The number of hydrogen-bond donors (Lipinski definition) is 2. The first kappa shape index (κ1) is 13.9. The maximum atomic E-state index is 9.97. The molecule has 0 saturated heterocycles. The van der Waals surface area contributed by atoms with Gasteiger partial charge in [0.1, 0.15) is 0 Å². The highest BCUT2D eigenvalue weighted by Gasteiger charge is 2.18. The summed E-state index contributed by atoms with van der Waals surface area (Å²) in [5, 5.41) is 19.1. The Morgan fingerprint density at radius 2 is 1.71 bits per heavy atom. The van der Waals surface area contributed by atoms with Gasteiger partial charge in [0.15, 0.2) is 0 Å². The van der Waals surface area contributed by atoms with Crippen LogP contribution in [0.15, 0.2) is 0 Å². The third-order valence-corrected chi connectivity index (χ3v) is 2.66. The first-order valence-electron chi connectivity index (χ1n) is 5.88. The van der Waals surface area contributed by atoms with Crippen LogP contribution in [0.2, 0.25) is 0 Å². The van der Waals surface area contributed by atoms with E-state index in [0.717, 1.165) is 32.1 Å². The maximum Gasteiger partial charge on any atom is 0.0619 e. The predicted octanol–water partition coefficient (Wildman–Crippen LogP) is 2.87. The number of aliphatic hydroxyl groups is 2. The van der Waals surface area contributed by atoms with Gasteiger partial charge in [-0.1, -0.05) is 26.2 Å². The Morgan fingerprint density at radius 1 is 1.14 bits per heavy atom. The smallest absolute Gasteiger partial charge is 0.0619 e. The molecule has 2 atom stereocenters. The van der Waals surface area contributed by atoms with Crippen LogP contribution in [0.5, 0.6) is 0 Å². The standard InChI is InChI=1S/C12H26O2/c1-4-5-6-9-12(3,14)10-7-8-11(2)13/h11,13-14H,4-10H2,1-3H3/t11-,12+/m0/s1. The van der Waals surface area contributed by atoms with Gasteiger partial charge in [0.05, 0.1) is 11.7 Å². The minimum absolute atomic E-state index is 0.235. The summed E-state index contributed by atoms with van der Waals surface area (Å²) in [6, 6.07) is 0. The second kappa shape index (κ2) is 7.24. The van der Waals surface area contributed by atoms with Crippen LogP contribution < -0.4 is 0 Å². The van der Waals surface area contributed by atoms with Crippen LogP contribution >= 0.6 is 0 Å². The van der Waals surface area contributed by atoms with Gasteiger partial charge in [-0.2, -0.15) is 0 Å². The zero-order chi connectivity index (χ0) is 11.0. The summed E-state index contributed by atoms with van der Waals surface area (Å²) in [5.41, 5.74) is -0.524. The summed E-state index contributed by atoms with van der Waals surface area (Å²) in [4.78, 5) is 0. The third-order valence-electron chi connectivity index (χ3n) is 2.66. The van der Waals surface area contributed by atoms with Crippen LogP contribution in [0.3, 0.4) is 0 Å². The topological polar surface area (TPSA) is 40.5 Å². The van der Waals surface area contributed by atoms with Crippen molar-refractivity contribution in [3.8, 4) is 0 Å². The van der Waals surface area contributed by atoms with Crippen LogP contribution in [-0.4, -0.2) is 21.9 Å². The van der Waals surface area contributed by atoms with E-state index in [2.05, 4.69) is 6.92 Å². The number of unbranched alkanes of at least 4 members (excludes halogenated alkanes) is 2. The lowest BCUT2D eigenvalue weighted by atomic mass is 9.92. The van der Waals surface area contributed by atoms with Gasteiger partial charge < -0.3 is 10.2 Å². The van der Waals surface area contributed by atoms with Crippen molar-refractivity contribution < 1.29 is 10.2 Å². The molecule has 0 rings (SSSR count). The first-order chi connectivity index (χ1) is 6.48. The Hall–Kier alpha value is -0.0800. The second-order valence-electron chi connectivity index (χ2n) is 4.70. The normalized spacial score (nSPS) is 17.8. The molecule has 0 fully saturated rings. The molecule has 0 aliphatic rings. The van der Waals surface area contributed by atoms with Crippen LogP contribution in [-0.2, 0) is 0 Å². The lowest BCUT2D eigenvalue weighted by Gasteiger charge is -2.23. The van der Waals surface area contributed by atoms with Crippen LogP contribution in [0, 0.1) is 0 Å². The molecule has 0 aliphatic carbocycles. The molecule has 0 spiro atoms. The highest BCUT2D eigenvalue weighted by Crippen LogP contribution is 2.21. The molecule has 0 unspecified atom stereocenters. The first-order valence-corrected chi connectivity index (χ1v) is 5.88. The summed E-state index contributed by atoms with van der Waals surface area (Å²) in [5.74, 6) is 0. The van der Waals surface area contributed by atoms with E-state index in [-0.39, 0.29) is 6.10 Å². The molecule has 0 aliphatic heterocycles. The van der Waals surface area contributed by atoms with E-state index < -0.39 is 5.60 Å². The van der Waals surface area contributed by atoms with Crippen LogP contribution in [0.4, 0.5) is 0 Å². The lowest BCUT2D eigenvalue weighted by molar-refractivity contribution is 0.0335. The fourth-order valence-electron chi connectivity index (χ4n) is 1.66. The average molecular weight is 202 g/mol. The molecule has 0 amide bonds. The lowest BCUT2D eigenvalue weighted by Crippen LogP contribution is -2.24. The fraction of sp³-hybridized carbons (Fsp3) is 1.00. The Kier molecular flexibility index (Phi) is 7.20. The quantitative estimate of drug-likeness (QED) is 0.594. The molecule has 2 heteroatoms. The molecule has 0 radical (unpaired) electrons. The van der Waals surface area contributed by atoms with E-state index in [9.17, 15) is 5.11 Å². The molecule has 0 heterocycles. The number of hydrogen-bond acceptors (Lipinski definition) is 2. The fourth-order valence-corrected chi connectivity index (χ4v) is 1.66. The van der Waals surface area contributed by atoms with E-state index in [0.29, 0.717) is 0 Å². The molecule has 2 N–H and O–H groups in total. The Labute approximate surface area is 88.3 Å². The molecule has 0 aromatic heterocycles. The molecular weight excluding hydrogens is 176 g/mol. The van der Waals surface area contributed by atoms with E-state index in [1.165, 1.54) is 12.8 Å². The van der Waals surface area contributed by atoms with E-state index in [1.807, 2.05) is 6.92 Å².